The first-order valence-corrected chi connectivity index (χ1v) is 10.8. The zero-order chi connectivity index (χ0) is 23.5. The molecule has 0 spiro atoms. The molecule has 1 aliphatic rings. The van der Waals surface area contributed by atoms with Crippen molar-refractivity contribution in [2.75, 3.05) is 7.11 Å². The second kappa shape index (κ2) is 9.42. The van der Waals surface area contributed by atoms with Crippen LogP contribution in [0.2, 0.25) is 5.02 Å². The van der Waals surface area contributed by atoms with E-state index in [1.54, 1.807) is 7.11 Å². The van der Waals surface area contributed by atoms with Crippen molar-refractivity contribution in [3.8, 4) is 17.2 Å². The van der Waals surface area contributed by atoms with Crippen LogP contribution in [0.25, 0.3) is 0 Å². The highest BCUT2D eigenvalue weighted by Gasteiger charge is 2.36. The lowest BCUT2D eigenvalue weighted by molar-refractivity contribution is -0.126. The molecule has 0 saturated heterocycles. The predicted molar refractivity (Wildman–Crippen MR) is 123 cm³/mol. The van der Waals surface area contributed by atoms with Crippen molar-refractivity contribution >= 4 is 23.4 Å². The fourth-order valence-corrected chi connectivity index (χ4v) is 4.16. The monoisotopic (exact) mass is 466 g/mol. The van der Waals surface area contributed by atoms with Crippen LogP contribution in [-0.4, -0.2) is 40.1 Å². The Hall–Kier alpha value is -3.71. The second-order valence-corrected chi connectivity index (χ2v) is 8.18. The van der Waals surface area contributed by atoms with Crippen molar-refractivity contribution in [1.29, 1.82) is 0 Å². The Bertz CT molecular complexity index is 1210. The molecule has 3 aromatic rings. The Kier molecular flexibility index (Phi) is 6.42. The number of hydrogen-bond acceptors (Lipinski definition) is 5. The van der Waals surface area contributed by atoms with Gasteiger partial charge >= 0.3 is 0 Å². The van der Waals surface area contributed by atoms with E-state index in [-0.39, 0.29) is 35.3 Å². The highest BCUT2D eigenvalue weighted by atomic mass is 35.5. The van der Waals surface area contributed by atoms with Crippen molar-refractivity contribution in [2.24, 2.45) is 0 Å². The summed E-state index contributed by atoms with van der Waals surface area (Å²) < 4.78 is 5.34. The van der Waals surface area contributed by atoms with Crippen LogP contribution in [0.1, 0.15) is 27.0 Å². The maximum Gasteiger partial charge on any atom is 0.258 e. The van der Waals surface area contributed by atoms with Crippen molar-refractivity contribution in [2.45, 2.75) is 25.6 Å². The van der Waals surface area contributed by atoms with Crippen LogP contribution < -0.4 is 10.1 Å². The smallest absolute Gasteiger partial charge is 0.258 e. The lowest BCUT2D eigenvalue weighted by Gasteiger charge is -2.36. The molecule has 1 heterocycles. The van der Waals surface area contributed by atoms with Crippen LogP contribution in [0, 0.1) is 0 Å². The zero-order valence-electron chi connectivity index (χ0n) is 17.9. The van der Waals surface area contributed by atoms with E-state index in [1.165, 1.54) is 11.0 Å². The van der Waals surface area contributed by atoms with Crippen LogP contribution in [0.4, 0.5) is 0 Å². The minimum absolute atomic E-state index is 0.0641. The van der Waals surface area contributed by atoms with E-state index in [2.05, 4.69) is 5.32 Å². The van der Waals surface area contributed by atoms with E-state index < -0.39 is 17.7 Å². The fraction of sp³-hybridized carbons (Fsp3) is 0.200. The molecule has 0 bridgehead atoms. The fourth-order valence-electron chi connectivity index (χ4n) is 4.00. The number of para-hydroxylation sites is 1. The molecule has 7 nitrogen and oxygen atoms in total. The van der Waals surface area contributed by atoms with Gasteiger partial charge in [-0.1, -0.05) is 54.1 Å². The van der Waals surface area contributed by atoms with Gasteiger partial charge in [0.05, 0.1) is 17.7 Å². The topological polar surface area (TPSA) is 99.1 Å². The number of halogens is 1. The third kappa shape index (κ3) is 4.59. The molecule has 0 saturated carbocycles. The molecule has 0 fully saturated rings. The molecule has 3 aromatic carbocycles. The number of aromatic hydroxyl groups is 2. The number of amides is 2. The largest absolute Gasteiger partial charge is 0.507 e. The number of phenols is 2. The molecule has 0 radical (unpaired) electrons. The summed E-state index contributed by atoms with van der Waals surface area (Å²) in [4.78, 5) is 28.1. The van der Waals surface area contributed by atoms with Gasteiger partial charge in [0, 0.05) is 31.1 Å². The number of benzene rings is 3. The number of rotatable bonds is 5. The Morgan fingerprint density at radius 1 is 1.06 bits per heavy atom. The Labute approximate surface area is 196 Å². The Morgan fingerprint density at radius 3 is 2.52 bits per heavy atom. The molecule has 33 heavy (non-hydrogen) atoms. The minimum Gasteiger partial charge on any atom is -0.507 e. The average Bonchev–Trinajstić information content (AvgIpc) is 2.83. The zero-order valence-corrected chi connectivity index (χ0v) is 18.7. The summed E-state index contributed by atoms with van der Waals surface area (Å²) in [5.74, 6) is -0.965. The molecular formula is C25H23ClN2O5. The van der Waals surface area contributed by atoms with Gasteiger partial charge in [-0.25, -0.2) is 0 Å². The number of nitrogens with zero attached hydrogens (tertiary/aromatic N) is 1. The van der Waals surface area contributed by atoms with Gasteiger partial charge in [0.2, 0.25) is 5.91 Å². The molecular weight excluding hydrogens is 444 g/mol. The van der Waals surface area contributed by atoms with E-state index in [4.69, 9.17) is 16.3 Å². The lowest BCUT2D eigenvalue weighted by atomic mass is 9.92. The summed E-state index contributed by atoms with van der Waals surface area (Å²) in [6, 6.07) is 16.4. The molecule has 4 rings (SSSR count). The lowest BCUT2D eigenvalue weighted by Crippen LogP contribution is -2.52. The molecule has 1 aliphatic heterocycles. The number of hydrogen-bond donors (Lipinski definition) is 3. The molecule has 3 N–H and O–H groups in total. The number of nitrogens with one attached hydrogen (secondary N) is 1. The van der Waals surface area contributed by atoms with Crippen LogP contribution >= 0.6 is 11.6 Å². The van der Waals surface area contributed by atoms with Crippen molar-refractivity contribution in [3.63, 3.8) is 0 Å². The normalized spacial score (nSPS) is 15.0. The van der Waals surface area contributed by atoms with Gasteiger partial charge in [0.15, 0.2) is 0 Å². The quantitative estimate of drug-likeness (QED) is 0.533. The Morgan fingerprint density at radius 2 is 1.76 bits per heavy atom. The number of ether oxygens (including phenoxy) is 1. The maximum atomic E-state index is 13.4. The van der Waals surface area contributed by atoms with Crippen molar-refractivity contribution < 1.29 is 24.5 Å². The minimum atomic E-state index is -0.797. The van der Waals surface area contributed by atoms with E-state index in [0.717, 1.165) is 22.8 Å². The van der Waals surface area contributed by atoms with Gasteiger partial charge in [-0.2, -0.15) is 0 Å². The molecule has 1 atom stereocenters. The van der Waals surface area contributed by atoms with Crippen LogP contribution in [0.3, 0.4) is 0 Å². The number of phenolic OH excluding ortho intramolecular Hbond substituents is 2. The van der Waals surface area contributed by atoms with Gasteiger partial charge in [-0.15, -0.1) is 0 Å². The first-order chi connectivity index (χ1) is 15.9. The van der Waals surface area contributed by atoms with E-state index >= 15 is 0 Å². The summed E-state index contributed by atoms with van der Waals surface area (Å²) in [6.07, 6.45) is 0.326. The van der Waals surface area contributed by atoms with Crippen LogP contribution in [0.15, 0.2) is 60.7 Å². The maximum absolute atomic E-state index is 13.4. The molecule has 170 valence electrons. The third-order valence-electron chi connectivity index (χ3n) is 5.75. The van der Waals surface area contributed by atoms with Crippen molar-refractivity contribution in [1.82, 2.24) is 10.2 Å². The van der Waals surface area contributed by atoms with Gasteiger partial charge in [-0.05, 0) is 23.3 Å². The summed E-state index contributed by atoms with van der Waals surface area (Å²) in [7, 11) is 1.56. The molecule has 0 aliphatic carbocycles. The summed E-state index contributed by atoms with van der Waals surface area (Å²) in [5.41, 5.74) is 2.63. The van der Waals surface area contributed by atoms with Crippen molar-refractivity contribution in [3.05, 3.63) is 87.9 Å². The number of fused-ring (bicyclic) bond motifs is 1. The number of carbonyl (C=O) groups excluding carboxylic acids is 2. The van der Waals surface area contributed by atoms with E-state index in [9.17, 15) is 19.8 Å². The first-order valence-electron chi connectivity index (χ1n) is 10.4. The summed E-state index contributed by atoms with van der Waals surface area (Å²) in [6.45, 7) is 0.430. The highest BCUT2D eigenvalue weighted by Crippen LogP contribution is 2.33. The van der Waals surface area contributed by atoms with Crippen LogP contribution in [-0.2, 0) is 24.3 Å². The summed E-state index contributed by atoms with van der Waals surface area (Å²) >= 11 is 5.97. The molecule has 0 aromatic heterocycles. The second-order valence-electron chi connectivity index (χ2n) is 7.77. The number of carbonyl (C=O) groups is 2. The third-order valence-corrected chi connectivity index (χ3v) is 6.06. The average molecular weight is 467 g/mol. The highest BCUT2D eigenvalue weighted by molar-refractivity contribution is 6.32. The van der Waals surface area contributed by atoms with Gasteiger partial charge < -0.3 is 25.2 Å². The first kappa shape index (κ1) is 22.5. The standard InChI is InChI=1S/C25H23ClN2O5/c1-33-23-9-5-4-7-16(23)13-27-24(31)20-10-15-6-2-3-8-17(15)14-28(20)25(32)18-11-19(26)22(30)12-21(18)29/h2-9,11-12,20,29-30H,10,13-14H2,1H3,(H,27,31)/t20-/m1/s1. The van der Waals surface area contributed by atoms with Crippen LogP contribution in [0.5, 0.6) is 17.2 Å². The predicted octanol–water partition coefficient (Wildman–Crippen LogP) is 3.64. The van der Waals surface area contributed by atoms with Gasteiger partial charge in [0.25, 0.3) is 5.91 Å². The SMILES string of the molecule is COc1ccccc1CNC(=O)[C@H]1Cc2ccccc2CN1C(=O)c1cc(Cl)c(O)cc1O. The van der Waals surface area contributed by atoms with E-state index in [1.807, 2.05) is 48.5 Å². The Balaban J connectivity index is 1.63. The van der Waals surface area contributed by atoms with Gasteiger partial charge in [-0.3, -0.25) is 9.59 Å². The molecule has 8 heteroatoms. The molecule has 0 unspecified atom stereocenters. The van der Waals surface area contributed by atoms with Gasteiger partial charge in [0.1, 0.15) is 23.3 Å². The molecule has 2 amide bonds. The summed E-state index contributed by atoms with van der Waals surface area (Å²) in [5, 5.41) is 22.8. The van der Waals surface area contributed by atoms with E-state index in [0.29, 0.717) is 12.2 Å². The number of methoxy groups -OCH3 is 1.